The first-order valence-electron chi connectivity index (χ1n) is 15.1. The minimum atomic E-state index is -1.72. The van der Waals surface area contributed by atoms with Gasteiger partial charge in [0.2, 0.25) is 0 Å². The van der Waals surface area contributed by atoms with Gasteiger partial charge in [-0.3, -0.25) is 4.79 Å². The van der Waals surface area contributed by atoms with E-state index in [4.69, 9.17) is 42.3 Å². The maximum Gasteiger partial charge on any atom is 0.252 e. The van der Waals surface area contributed by atoms with E-state index in [1.54, 1.807) is 0 Å². The summed E-state index contributed by atoms with van der Waals surface area (Å²) in [5, 5.41) is 88.0. The molecule has 0 aromatic carbocycles. The number of carbonyl (C=O) groups is 1. The minimum absolute atomic E-state index is 0.00192. The summed E-state index contributed by atoms with van der Waals surface area (Å²) in [6.45, 7) is -0.976. The first-order valence-corrected chi connectivity index (χ1v) is 15.1. The van der Waals surface area contributed by atoms with Gasteiger partial charge in [-0.25, -0.2) is 0 Å². The number of aliphatic hydroxyl groups is 8. The normalized spacial score (nSPS) is 48.8. The van der Waals surface area contributed by atoms with Gasteiger partial charge in [0.15, 0.2) is 6.29 Å². The van der Waals surface area contributed by atoms with Crippen molar-refractivity contribution in [2.24, 2.45) is 28.9 Å². The molecular weight excluding hydrogens is 588 g/mol. The average Bonchev–Trinajstić information content (AvgIpc) is 2.95. The molecule has 4 fully saturated rings. The molecule has 15 unspecified atom stereocenters. The van der Waals surface area contributed by atoms with Crippen LogP contribution in [0.4, 0.5) is 0 Å². The predicted molar refractivity (Wildman–Crippen MR) is 150 cm³/mol. The van der Waals surface area contributed by atoms with Crippen molar-refractivity contribution in [2.75, 3.05) is 26.3 Å². The van der Waals surface area contributed by atoms with Crippen LogP contribution in [-0.4, -0.2) is 170 Å². The third kappa shape index (κ3) is 7.52. The van der Waals surface area contributed by atoms with Crippen LogP contribution in [0.15, 0.2) is 0 Å². The second-order valence-corrected chi connectivity index (χ2v) is 12.7. The quantitative estimate of drug-likeness (QED) is 0.0998. The maximum atomic E-state index is 13.1. The number of hydrogen-bond donors (Lipinski definition) is 14. The van der Waals surface area contributed by atoms with Crippen molar-refractivity contribution < 1.29 is 59.9 Å². The Bertz CT molecular complexity index is 949. The first kappa shape index (κ1) is 35.7. The van der Waals surface area contributed by atoms with Crippen molar-refractivity contribution in [3.05, 3.63) is 0 Å². The predicted octanol–water partition coefficient (Wildman–Crippen LogP) is -8.03. The number of carbonyl (C=O) groups excluding carboxylic acids is 1. The van der Waals surface area contributed by atoms with Crippen molar-refractivity contribution in [1.29, 1.82) is 0 Å². The Hall–Kier alpha value is -1.17. The van der Waals surface area contributed by atoms with Gasteiger partial charge < -0.3 is 88.6 Å². The Labute approximate surface area is 254 Å². The first-order chi connectivity index (χ1) is 20.7. The Morgan fingerprint density at radius 1 is 0.955 bits per heavy atom. The van der Waals surface area contributed by atoms with Crippen LogP contribution < -0.4 is 33.6 Å². The summed E-state index contributed by atoms with van der Waals surface area (Å²) in [7, 11) is 0. The smallest absolute Gasteiger partial charge is 0.252 e. The third-order valence-electron chi connectivity index (χ3n) is 9.33. The number of aliphatic hydroxyl groups excluding tert-OH is 7. The lowest BCUT2D eigenvalue weighted by atomic mass is 9.71. The molecule has 0 aromatic heterocycles. The molecule has 1 amide bonds. The second-order valence-electron chi connectivity index (χ2n) is 12.7. The molecule has 256 valence electrons. The van der Waals surface area contributed by atoms with E-state index in [9.17, 15) is 40.5 Å². The summed E-state index contributed by atoms with van der Waals surface area (Å²) < 4.78 is 17.8. The second kappa shape index (κ2) is 14.7. The number of nitrogens with two attached hydrogens (primary N) is 4. The van der Waals surface area contributed by atoms with Crippen molar-refractivity contribution in [1.82, 2.24) is 10.6 Å². The van der Waals surface area contributed by atoms with Crippen molar-refractivity contribution in [3.63, 3.8) is 0 Å². The molecule has 0 bridgehead atoms. The van der Waals surface area contributed by atoms with E-state index in [1.165, 1.54) is 0 Å². The van der Waals surface area contributed by atoms with E-state index in [-0.39, 0.29) is 44.8 Å². The van der Waals surface area contributed by atoms with E-state index in [2.05, 4.69) is 10.6 Å². The van der Waals surface area contributed by atoms with E-state index in [0.29, 0.717) is 0 Å². The molecule has 2 aliphatic heterocycles. The van der Waals surface area contributed by atoms with Crippen molar-refractivity contribution >= 4 is 5.91 Å². The highest BCUT2D eigenvalue weighted by atomic mass is 16.7. The SMILES string of the molecule is NC1CC(O)(C(=O)NC2CC(N)C(C3OC(CNCC(O)CO)C(O)CC3N)C(O)C2OC2OC(CO)C(O)C(N)C2O)C1. The summed E-state index contributed by atoms with van der Waals surface area (Å²) in [5.74, 6) is -1.67. The summed E-state index contributed by atoms with van der Waals surface area (Å²) >= 11 is 0. The van der Waals surface area contributed by atoms with E-state index < -0.39 is 116 Å². The zero-order valence-corrected chi connectivity index (χ0v) is 24.4. The van der Waals surface area contributed by atoms with Gasteiger partial charge in [0.05, 0.1) is 55.8 Å². The van der Waals surface area contributed by atoms with Gasteiger partial charge >= 0.3 is 0 Å². The monoisotopic (exact) mass is 638 g/mol. The van der Waals surface area contributed by atoms with Gasteiger partial charge in [-0.15, -0.1) is 0 Å². The Kier molecular flexibility index (Phi) is 11.9. The molecule has 18 heteroatoms. The van der Waals surface area contributed by atoms with Crippen LogP contribution in [0.3, 0.4) is 0 Å². The molecule has 4 rings (SSSR count). The lowest BCUT2D eigenvalue weighted by Crippen LogP contribution is -2.71. The zero-order chi connectivity index (χ0) is 32.5. The van der Waals surface area contributed by atoms with Gasteiger partial charge in [0.25, 0.3) is 5.91 Å². The third-order valence-corrected chi connectivity index (χ3v) is 9.33. The molecular formula is C26H50N6O12. The molecule has 2 heterocycles. The summed E-state index contributed by atoms with van der Waals surface area (Å²) in [6.07, 6.45) is -12.2. The van der Waals surface area contributed by atoms with Crippen LogP contribution in [0, 0.1) is 5.92 Å². The average molecular weight is 639 g/mol. The highest BCUT2D eigenvalue weighted by Crippen LogP contribution is 2.38. The Morgan fingerprint density at radius 3 is 2.25 bits per heavy atom. The highest BCUT2D eigenvalue weighted by molar-refractivity contribution is 5.86. The van der Waals surface area contributed by atoms with Crippen LogP contribution in [0.5, 0.6) is 0 Å². The Balaban J connectivity index is 1.56. The van der Waals surface area contributed by atoms with E-state index in [0.717, 1.165) is 0 Å². The fraction of sp³-hybridized carbons (Fsp3) is 0.962. The number of ether oxygens (including phenoxy) is 3. The van der Waals surface area contributed by atoms with Gasteiger partial charge in [-0.2, -0.15) is 0 Å². The molecule has 15 atom stereocenters. The standard InChI is InChI=1S/C26H50N6O12/c27-9-3-26(41,4-9)25(40)32-13-1-11(28)17(22-12(29)2-14(36)15(42-22)6-31-5-10(35)7-33)20(38)23(13)44-24-21(39)18(30)19(37)16(8-34)43-24/h9-24,31,33-39,41H,1-8,27-30H2,(H,32,40). The number of amides is 1. The molecule has 18 nitrogen and oxygen atoms in total. The number of nitrogens with one attached hydrogen (secondary N) is 2. The molecule has 2 aliphatic carbocycles. The molecule has 2 saturated carbocycles. The van der Waals surface area contributed by atoms with Crippen molar-refractivity contribution in [2.45, 2.75) is 123 Å². The molecule has 0 spiro atoms. The van der Waals surface area contributed by atoms with Crippen LogP contribution >= 0.6 is 0 Å². The van der Waals surface area contributed by atoms with Gasteiger partial charge in [-0.05, 0) is 12.8 Å². The van der Waals surface area contributed by atoms with Gasteiger partial charge in [-0.1, -0.05) is 0 Å². The lowest BCUT2D eigenvalue weighted by molar-refractivity contribution is -0.306. The maximum absolute atomic E-state index is 13.1. The van der Waals surface area contributed by atoms with Crippen LogP contribution in [0.1, 0.15) is 25.7 Å². The minimum Gasteiger partial charge on any atom is -0.394 e. The van der Waals surface area contributed by atoms with Gasteiger partial charge in [0, 0.05) is 50.0 Å². The summed E-state index contributed by atoms with van der Waals surface area (Å²) in [4.78, 5) is 13.1. The molecule has 0 aromatic rings. The van der Waals surface area contributed by atoms with Crippen LogP contribution in [0.2, 0.25) is 0 Å². The van der Waals surface area contributed by atoms with E-state index >= 15 is 0 Å². The lowest BCUT2D eigenvalue weighted by Gasteiger charge is -2.52. The molecule has 0 radical (unpaired) electrons. The Morgan fingerprint density at radius 2 is 1.64 bits per heavy atom. The number of rotatable bonds is 11. The fourth-order valence-corrected chi connectivity index (χ4v) is 6.70. The molecule has 44 heavy (non-hydrogen) atoms. The van der Waals surface area contributed by atoms with Gasteiger partial charge in [0.1, 0.15) is 30.0 Å². The highest BCUT2D eigenvalue weighted by Gasteiger charge is 2.55. The number of hydrogen-bond acceptors (Lipinski definition) is 17. The fourth-order valence-electron chi connectivity index (χ4n) is 6.70. The van der Waals surface area contributed by atoms with Crippen molar-refractivity contribution in [3.8, 4) is 0 Å². The topological polar surface area (TPSA) is 335 Å². The van der Waals surface area contributed by atoms with Crippen LogP contribution in [0.25, 0.3) is 0 Å². The largest absolute Gasteiger partial charge is 0.394 e. The summed E-state index contributed by atoms with van der Waals surface area (Å²) in [5.41, 5.74) is 22.9. The summed E-state index contributed by atoms with van der Waals surface area (Å²) in [6, 6.07) is -4.26. The molecule has 2 saturated heterocycles. The molecule has 18 N–H and O–H groups in total. The van der Waals surface area contributed by atoms with Crippen LogP contribution in [-0.2, 0) is 19.0 Å². The van der Waals surface area contributed by atoms with E-state index in [1.807, 2.05) is 0 Å². The molecule has 4 aliphatic rings. The zero-order valence-electron chi connectivity index (χ0n) is 24.4.